The van der Waals surface area contributed by atoms with E-state index in [-0.39, 0.29) is 21.4 Å². The van der Waals surface area contributed by atoms with Crippen molar-refractivity contribution in [3.05, 3.63) is 69.1 Å². The van der Waals surface area contributed by atoms with Gasteiger partial charge in [0.1, 0.15) is 16.5 Å². The van der Waals surface area contributed by atoms with Gasteiger partial charge in [0.05, 0.1) is 10.7 Å². The number of nitrogens with one attached hydrogen (secondary N) is 1. The van der Waals surface area contributed by atoms with Crippen molar-refractivity contribution in [3.8, 4) is 0 Å². The van der Waals surface area contributed by atoms with Gasteiger partial charge >= 0.3 is 0 Å². The van der Waals surface area contributed by atoms with Gasteiger partial charge in [0.25, 0.3) is 11.8 Å². The number of amides is 2. The topological polar surface area (TPSA) is 49.4 Å². The average Bonchev–Trinajstić information content (AvgIpc) is 2.77. The number of carbonyl (C=O) groups is 2. The van der Waals surface area contributed by atoms with E-state index >= 15 is 0 Å². The number of hydrogen-bond acceptors (Lipinski definition) is 3. The van der Waals surface area contributed by atoms with Crippen LogP contribution in [-0.4, -0.2) is 11.8 Å². The summed E-state index contributed by atoms with van der Waals surface area (Å²) in [6, 6.07) is 9.11. The third-order valence-corrected chi connectivity index (χ3v) is 4.61. The minimum absolute atomic E-state index is 0.0321. The Morgan fingerprint density at radius 2 is 1.68 bits per heavy atom. The third kappa shape index (κ3) is 3.13. The van der Waals surface area contributed by atoms with E-state index in [1.807, 2.05) is 26.0 Å². The summed E-state index contributed by atoms with van der Waals surface area (Å²) in [5.74, 6) is -1.96. The molecule has 0 saturated heterocycles. The van der Waals surface area contributed by atoms with E-state index in [4.69, 9.17) is 23.2 Å². The molecule has 25 heavy (non-hydrogen) atoms. The molecule has 2 aromatic rings. The first kappa shape index (κ1) is 17.5. The highest BCUT2D eigenvalue weighted by atomic mass is 35.5. The lowest BCUT2D eigenvalue weighted by Crippen LogP contribution is -2.32. The quantitative estimate of drug-likeness (QED) is 0.798. The molecule has 2 aromatic carbocycles. The first-order valence-electron chi connectivity index (χ1n) is 7.37. The SMILES string of the molecule is Cc1ccc(NC2=C(Cl)C(=O)N(c3ccc(F)c(Cl)c3)C2=O)cc1C. The molecule has 7 heteroatoms. The third-order valence-electron chi connectivity index (χ3n) is 3.96. The highest BCUT2D eigenvalue weighted by Crippen LogP contribution is 2.32. The van der Waals surface area contributed by atoms with Crippen molar-refractivity contribution in [2.24, 2.45) is 0 Å². The molecule has 0 unspecified atom stereocenters. The van der Waals surface area contributed by atoms with Gasteiger partial charge in [-0.2, -0.15) is 0 Å². The van der Waals surface area contributed by atoms with E-state index in [0.717, 1.165) is 22.1 Å². The fraction of sp³-hybridized carbons (Fsp3) is 0.111. The molecule has 1 N–H and O–H groups in total. The van der Waals surface area contributed by atoms with Gasteiger partial charge in [0.2, 0.25) is 0 Å². The molecule has 0 aliphatic carbocycles. The monoisotopic (exact) mass is 378 g/mol. The molecule has 128 valence electrons. The summed E-state index contributed by atoms with van der Waals surface area (Å²) in [7, 11) is 0. The minimum Gasteiger partial charge on any atom is -0.350 e. The first-order chi connectivity index (χ1) is 11.8. The second-order valence-corrected chi connectivity index (χ2v) is 6.44. The molecule has 0 bridgehead atoms. The largest absolute Gasteiger partial charge is 0.350 e. The molecule has 0 atom stereocenters. The molecule has 2 amide bonds. The van der Waals surface area contributed by atoms with Gasteiger partial charge in [-0.25, -0.2) is 9.29 Å². The molecular weight excluding hydrogens is 366 g/mol. The lowest BCUT2D eigenvalue weighted by molar-refractivity contribution is -0.120. The summed E-state index contributed by atoms with van der Waals surface area (Å²) in [6.07, 6.45) is 0. The second-order valence-electron chi connectivity index (χ2n) is 5.66. The van der Waals surface area contributed by atoms with Crippen molar-refractivity contribution in [2.75, 3.05) is 10.2 Å². The Morgan fingerprint density at radius 1 is 0.960 bits per heavy atom. The highest BCUT2D eigenvalue weighted by Gasteiger charge is 2.39. The zero-order valence-corrected chi connectivity index (χ0v) is 14.9. The van der Waals surface area contributed by atoms with Crippen molar-refractivity contribution in [1.29, 1.82) is 0 Å². The average molecular weight is 379 g/mol. The normalized spacial score (nSPS) is 14.5. The Labute approximate surface area is 153 Å². The molecule has 1 aliphatic heterocycles. The maximum atomic E-state index is 13.3. The van der Waals surface area contributed by atoms with Crippen LogP contribution in [0.3, 0.4) is 0 Å². The second kappa shape index (κ2) is 6.50. The predicted octanol–water partition coefficient (Wildman–Crippen LogP) is 4.53. The molecule has 0 aromatic heterocycles. The Bertz CT molecular complexity index is 941. The number of anilines is 2. The summed E-state index contributed by atoms with van der Waals surface area (Å²) in [5, 5.41) is 2.47. The molecule has 0 radical (unpaired) electrons. The van der Waals surface area contributed by atoms with Crippen LogP contribution in [0, 0.1) is 19.7 Å². The van der Waals surface area contributed by atoms with Crippen LogP contribution >= 0.6 is 23.2 Å². The summed E-state index contributed by atoms with van der Waals surface area (Å²) in [5.41, 5.74) is 2.88. The summed E-state index contributed by atoms with van der Waals surface area (Å²) in [6.45, 7) is 3.90. The summed E-state index contributed by atoms with van der Waals surface area (Å²) < 4.78 is 13.3. The first-order valence-corrected chi connectivity index (χ1v) is 8.13. The van der Waals surface area contributed by atoms with E-state index in [1.54, 1.807) is 6.07 Å². The van der Waals surface area contributed by atoms with Crippen LogP contribution in [0.15, 0.2) is 47.1 Å². The van der Waals surface area contributed by atoms with Crippen molar-refractivity contribution in [3.63, 3.8) is 0 Å². The van der Waals surface area contributed by atoms with Crippen LogP contribution in [0.1, 0.15) is 11.1 Å². The van der Waals surface area contributed by atoms with E-state index in [1.165, 1.54) is 12.1 Å². The number of nitrogens with zero attached hydrogens (tertiary/aromatic N) is 1. The number of halogens is 3. The molecule has 0 spiro atoms. The van der Waals surface area contributed by atoms with E-state index < -0.39 is 17.6 Å². The van der Waals surface area contributed by atoms with Gasteiger partial charge in [0, 0.05) is 5.69 Å². The summed E-state index contributed by atoms with van der Waals surface area (Å²) in [4.78, 5) is 25.9. The van der Waals surface area contributed by atoms with Crippen LogP contribution in [0.4, 0.5) is 15.8 Å². The maximum absolute atomic E-state index is 13.3. The van der Waals surface area contributed by atoms with Crippen LogP contribution in [0.5, 0.6) is 0 Å². The van der Waals surface area contributed by atoms with Gasteiger partial charge in [-0.05, 0) is 55.3 Å². The number of carbonyl (C=O) groups excluding carboxylic acids is 2. The van der Waals surface area contributed by atoms with Crippen LogP contribution < -0.4 is 10.2 Å². The van der Waals surface area contributed by atoms with Crippen molar-refractivity contribution in [2.45, 2.75) is 13.8 Å². The lowest BCUT2D eigenvalue weighted by Gasteiger charge is -2.15. The van der Waals surface area contributed by atoms with Gasteiger partial charge < -0.3 is 5.32 Å². The number of hydrogen-bond donors (Lipinski definition) is 1. The Hall–Kier alpha value is -2.37. The molecule has 1 aliphatic rings. The molecule has 0 saturated carbocycles. The van der Waals surface area contributed by atoms with E-state index in [9.17, 15) is 14.0 Å². The minimum atomic E-state index is -0.694. The summed E-state index contributed by atoms with van der Waals surface area (Å²) >= 11 is 11.8. The fourth-order valence-corrected chi connectivity index (χ4v) is 2.82. The standard InChI is InChI=1S/C18H13Cl2FN2O2/c1-9-3-4-11(7-10(9)2)22-16-15(20)17(24)23(18(16)25)12-5-6-14(21)13(19)8-12/h3-8,22H,1-2H3. The molecular formula is C18H13Cl2FN2O2. The lowest BCUT2D eigenvalue weighted by atomic mass is 10.1. The van der Waals surface area contributed by atoms with Crippen molar-refractivity contribution in [1.82, 2.24) is 0 Å². The number of aryl methyl sites for hydroxylation is 2. The zero-order valence-electron chi connectivity index (χ0n) is 13.4. The Balaban J connectivity index is 1.93. The van der Waals surface area contributed by atoms with Gasteiger partial charge in [-0.1, -0.05) is 29.3 Å². The van der Waals surface area contributed by atoms with Gasteiger partial charge in [0.15, 0.2) is 0 Å². The number of rotatable bonds is 3. The number of imide groups is 1. The van der Waals surface area contributed by atoms with Crippen molar-refractivity contribution >= 4 is 46.4 Å². The predicted molar refractivity (Wildman–Crippen MR) is 96.3 cm³/mol. The Morgan fingerprint density at radius 3 is 2.32 bits per heavy atom. The van der Waals surface area contributed by atoms with Crippen LogP contribution in [0.25, 0.3) is 0 Å². The van der Waals surface area contributed by atoms with Gasteiger partial charge in [-0.15, -0.1) is 0 Å². The molecule has 1 heterocycles. The van der Waals surface area contributed by atoms with E-state index in [2.05, 4.69) is 5.32 Å². The van der Waals surface area contributed by atoms with Crippen LogP contribution in [0.2, 0.25) is 5.02 Å². The maximum Gasteiger partial charge on any atom is 0.283 e. The highest BCUT2D eigenvalue weighted by molar-refractivity contribution is 6.53. The smallest absolute Gasteiger partial charge is 0.283 e. The molecule has 0 fully saturated rings. The van der Waals surface area contributed by atoms with Crippen molar-refractivity contribution < 1.29 is 14.0 Å². The van der Waals surface area contributed by atoms with E-state index in [0.29, 0.717) is 5.69 Å². The zero-order chi connectivity index (χ0) is 18.3. The van der Waals surface area contributed by atoms with Crippen LogP contribution in [-0.2, 0) is 9.59 Å². The molecule has 3 rings (SSSR count). The Kier molecular flexibility index (Phi) is 4.54. The fourth-order valence-electron chi connectivity index (χ4n) is 2.43. The molecule has 4 nitrogen and oxygen atoms in total. The van der Waals surface area contributed by atoms with Gasteiger partial charge in [-0.3, -0.25) is 9.59 Å². The number of benzene rings is 2.